The number of rotatable bonds is 4. The third kappa shape index (κ3) is 4.62. The number of ether oxygens (including phenoxy) is 1. The Kier molecular flexibility index (Phi) is 5.65. The zero-order chi connectivity index (χ0) is 11.1. The Bertz CT molecular complexity index is 189. The highest BCUT2D eigenvalue weighted by Crippen LogP contribution is 2.11. The summed E-state index contributed by atoms with van der Waals surface area (Å²) >= 11 is 0. The van der Waals surface area contributed by atoms with Crippen molar-refractivity contribution < 1.29 is 9.53 Å². The summed E-state index contributed by atoms with van der Waals surface area (Å²) in [6.07, 6.45) is 4.13. The molecular formula is C11H22N2O2. The van der Waals surface area contributed by atoms with Crippen LogP contribution in [0.3, 0.4) is 0 Å². The van der Waals surface area contributed by atoms with Crippen LogP contribution in [0, 0.1) is 0 Å². The summed E-state index contributed by atoms with van der Waals surface area (Å²) in [4.78, 5) is 13.3. The van der Waals surface area contributed by atoms with Crippen LogP contribution in [0.5, 0.6) is 0 Å². The van der Waals surface area contributed by atoms with Gasteiger partial charge in [-0.3, -0.25) is 4.79 Å². The zero-order valence-electron chi connectivity index (χ0n) is 9.79. The van der Waals surface area contributed by atoms with Gasteiger partial charge in [-0.25, -0.2) is 0 Å². The van der Waals surface area contributed by atoms with E-state index in [0.717, 1.165) is 19.6 Å². The third-order valence-electron chi connectivity index (χ3n) is 3.06. The van der Waals surface area contributed by atoms with Crippen molar-refractivity contribution in [3.63, 3.8) is 0 Å². The molecule has 1 N–H and O–H groups in total. The summed E-state index contributed by atoms with van der Waals surface area (Å²) in [5.41, 5.74) is 0. The molecule has 0 radical (unpaired) electrons. The maximum Gasteiger partial charge on any atom is 0.306 e. The molecule has 4 nitrogen and oxygen atoms in total. The van der Waals surface area contributed by atoms with Gasteiger partial charge in [-0.1, -0.05) is 0 Å². The Balaban J connectivity index is 2.24. The lowest BCUT2D eigenvalue weighted by atomic mass is 10.1. The normalized spacial score (nSPS) is 22.5. The van der Waals surface area contributed by atoms with Gasteiger partial charge in [-0.05, 0) is 39.4 Å². The van der Waals surface area contributed by atoms with Crippen LogP contribution in [-0.4, -0.2) is 50.7 Å². The topological polar surface area (TPSA) is 41.6 Å². The van der Waals surface area contributed by atoms with Crippen molar-refractivity contribution in [3.05, 3.63) is 0 Å². The predicted octanol–water partition coefficient (Wildman–Crippen LogP) is 0.623. The highest BCUT2D eigenvalue weighted by atomic mass is 16.5. The molecule has 1 saturated heterocycles. The second-order valence-corrected chi connectivity index (χ2v) is 4.14. The largest absolute Gasteiger partial charge is 0.469 e. The molecule has 0 aromatic rings. The fraction of sp³-hybridized carbons (Fsp3) is 0.909. The smallest absolute Gasteiger partial charge is 0.306 e. The first-order valence-electron chi connectivity index (χ1n) is 5.72. The molecule has 15 heavy (non-hydrogen) atoms. The molecule has 4 heteroatoms. The van der Waals surface area contributed by atoms with Gasteiger partial charge in [0.1, 0.15) is 0 Å². The fourth-order valence-corrected chi connectivity index (χ4v) is 1.99. The minimum absolute atomic E-state index is 0.117. The van der Waals surface area contributed by atoms with E-state index in [-0.39, 0.29) is 5.97 Å². The van der Waals surface area contributed by atoms with Gasteiger partial charge in [0, 0.05) is 12.6 Å². The number of nitrogens with one attached hydrogen (secondary N) is 1. The van der Waals surface area contributed by atoms with Crippen molar-refractivity contribution in [2.75, 3.05) is 33.8 Å². The molecule has 0 bridgehead atoms. The minimum atomic E-state index is -0.117. The van der Waals surface area contributed by atoms with E-state index in [0.29, 0.717) is 12.5 Å². The van der Waals surface area contributed by atoms with Crippen molar-refractivity contribution in [3.8, 4) is 0 Å². The van der Waals surface area contributed by atoms with E-state index in [2.05, 4.69) is 22.0 Å². The zero-order valence-corrected chi connectivity index (χ0v) is 9.79. The first-order chi connectivity index (χ1) is 7.24. The summed E-state index contributed by atoms with van der Waals surface area (Å²) in [6.45, 7) is 3.02. The molecule has 0 aromatic heterocycles. The predicted molar refractivity (Wildman–Crippen MR) is 59.8 cm³/mol. The molecule has 0 amide bonds. The van der Waals surface area contributed by atoms with E-state index in [9.17, 15) is 4.79 Å². The quantitative estimate of drug-likeness (QED) is 0.697. The van der Waals surface area contributed by atoms with Crippen LogP contribution in [0.1, 0.15) is 25.7 Å². The third-order valence-corrected chi connectivity index (χ3v) is 3.06. The molecule has 1 unspecified atom stereocenters. The molecule has 1 heterocycles. The lowest BCUT2D eigenvalue weighted by Crippen LogP contribution is -2.34. The number of hydrogen-bond donors (Lipinski definition) is 1. The Morgan fingerprint density at radius 3 is 3.00 bits per heavy atom. The van der Waals surface area contributed by atoms with Crippen LogP contribution < -0.4 is 5.32 Å². The van der Waals surface area contributed by atoms with Crippen LogP contribution in [0.2, 0.25) is 0 Å². The van der Waals surface area contributed by atoms with Gasteiger partial charge in [-0.2, -0.15) is 0 Å². The monoisotopic (exact) mass is 214 g/mol. The van der Waals surface area contributed by atoms with Gasteiger partial charge in [0.2, 0.25) is 0 Å². The molecule has 0 saturated carbocycles. The summed E-state index contributed by atoms with van der Waals surface area (Å²) in [5.74, 6) is -0.117. The van der Waals surface area contributed by atoms with Crippen molar-refractivity contribution in [1.29, 1.82) is 0 Å². The van der Waals surface area contributed by atoms with E-state index in [1.807, 2.05) is 0 Å². The summed E-state index contributed by atoms with van der Waals surface area (Å²) in [7, 11) is 3.54. The van der Waals surface area contributed by atoms with Crippen molar-refractivity contribution in [1.82, 2.24) is 10.2 Å². The summed E-state index contributed by atoms with van der Waals surface area (Å²) < 4.78 is 4.63. The second kappa shape index (κ2) is 6.80. The van der Waals surface area contributed by atoms with Gasteiger partial charge < -0.3 is 15.0 Å². The SMILES string of the molecule is COC(=O)CCN(C)C1CCCNCC1. The number of carbonyl (C=O) groups excluding carboxylic acids is 1. The average molecular weight is 214 g/mol. The highest BCUT2D eigenvalue weighted by Gasteiger charge is 2.17. The number of methoxy groups -OCH3 is 1. The maximum absolute atomic E-state index is 11.0. The van der Waals surface area contributed by atoms with Gasteiger partial charge in [-0.15, -0.1) is 0 Å². The Hall–Kier alpha value is -0.610. The molecule has 88 valence electrons. The number of nitrogens with zero attached hydrogens (tertiary/aromatic N) is 1. The standard InChI is InChI=1S/C11H22N2O2/c1-13(9-6-11(14)15-2)10-4-3-7-12-8-5-10/h10,12H,3-9H2,1-2H3. The van der Waals surface area contributed by atoms with E-state index >= 15 is 0 Å². The van der Waals surface area contributed by atoms with Crippen molar-refractivity contribution in [2.24, 2.45) is 0 Å². The molecule has 0 aliphatic carbocycles. The molecule has 1 aliphatic heterocycles. The Morgan fingerprint density at radius 2 is 2.27 bits per heavy atom. The number of esters is 1. The van der Waals surface area contributed by atoms with Crippen LogP contribution in [0.25, 0.3) is 0 Å². The van der Waals surface area contributed by atoms with Crippen molar-refractivity contribution >= 4 is 5.97 Å². The maximum atomic E-state index is 11.0. The summed E-state index contributed by atoms with van der Waals surface area (Å²) in [5, 5.41) is 3.39. The Morgan fingerprint density at radius 1 is 1.47 bits per heavy atom. The molecule has 1 aliphatic rings. The molecule has 1 fully saturated rings. The van der Waals surface area contributed by atoms with E-state index < -0.39 is 0 Å². The second-order valence-electron chi connectivity index (χ2n) is 4.14. The van der Waals surface area contributed by atoms with E-state index in [1.165, 1.54) is 26.4 Å². The minimum Gasteiger partial charge on any atom is -0.469 e. The fourth-order valence-electron chi connectivity index (χ4n) is 1.99. The van der Waals surface area contributed by atoms with Gasteiger partial charge in [0.25, 0.3) is 0 Å². The van der Waals surface area contributed by atoms with Crippen LogP contribution in [0.15, 0.2) is 0 Å². The summed E-state index contributed by atoms with van der Waals surface area (Å²) in [6, 6.07) is 0.615. The van der Waals surface area contributed by atoms with Crippen molar-refractivity contribution in [2.45, 2.75) is 31.7 Å². The van der Waals surface area contributed by atoms with Gasteiger partial charge in [0.15, 0.2) is 0 Å². The van der Waals surface area contributed by atoms with E-state index in [1.54, 1.807) is 0 Å². The molecular weight excluding hydrogens is 192 g/mol. The average Bonchev–Trinajstić information content (AvgIpc) is 2.53. The van der Waals surface area contributed by atoms with E-state index in [4.69, 9.17) is 0 Å². The molecule has 0 spiro atoms. The van der Waals surface area contributed by atoms with Crippen LogP contribution in [-0.2, 0) is 9.53 Å². The van der Waals surface area contributed by atoms with Crippen LogP contribution in [0.4, 0.5) is 0 Å². The van der Waals surface area contributed by atoms with Gasteiger partial charge in [0.05, 0.1) is 13.5 Å². The van der Waals surface area contributed by atoms with Crippen LogP contribution >= 0.6 is 0 Å². The highest BCUT2D eigenvalue weighted by molar-refractivity contribution is 5.69. The lowest BCUT2D eigenvalue weighted by molar-refractivity contribution is -0.141. The molecule has 1 atom stereocenters. The first-order valence-corrected chi connectivity index (χ1v) is 5.72. The number of hydrogen-bond acceptors (Lipinski definition) is 4. The number of carbonyl (C=O) groups is 1. The van der Waals surface area contributed by atoms with Gasteiger partial charge >= 0.3 is 5.97 Å². The first kappa shape index (κ1) is 12.5. The lowest BCUT2D eigenvalue weighted by Gasteiger charge is -2.26. The molecule has 1 rings (SSSR count). The molecule has 0 aromatic carbocycles. The Labute approximate surface area is 92.0 Å².